The first kappa shape index (κ1) is 21.2. The summed E-state index contributed by atoms with van der Waals surface area (Å²) in [7, 11) is 0. The number of hydrogen-bond donors (Lipinski definition) is 1. The molecule has 0 amide bonds. The molecule has 146 valence electrons. The van der Waals surface area contributed by atoms with Gasteiger partial charge in [0.2, 0.25) is 0 Å². The Labute approximate surface area is 158 Å². The van der Waals surface area contributed by atoms with Gasteiger partial charge in [-0.1, -0.05) is 17.7 Å². The smallest absolute Gasteiger partial charge is 0.389 e. The number of carboxylic acids is 1. The zero-order valence-electron chi connectivity index (χ0n) is 14.5. The molecular weight excluding hydrogens is 388 g/mol. The normalized spacial score (nSPS) is 28.4. The van der Waals surface area contributed by atoms with Crippen molar-refractivity contribution in [3.63, 3.8) is 0 Å². The highest BCUT2D eigenvalue weighted by Gasteiger charge is 2.55. The molecule has 1 heterocycles. The number of halogens is 5. The molecule has 0 aliphatic carbocycles. The second-order valence-electron chi connectivity index (χ2n) is 6.75. The van der Waals surface area contributed by atoms with Crippen molar-refractivity contribution in [1.82, 2.24) is 0 Å². The monoisotopic (exact) mass is 404 g/mol. The molecule has 1 N–H and O–H groups in total. The molecule has 0 bridgehead atoms. The van der Waals surface area contributed by atoms with Gasteiger partial charge in [-0.15, -0.1) is 0 Å². The quantitative estimate of drug-likeness (QED) is 0.719. The second kappa shape index (κ2) is 7.47. The number of alkyl halides is 3. The van der Waals surface area contributed by atoms with Crippen molar-refractivity contribution in [2.75, 3.05) is 0 Å². The lowest BCUT2D eigenvalue weighted by molar-refractivity contribution is -0.151. The Kier molecular flexibility index (Phi) is 5.85. The van der Waals surface area contributed by atoms with Crippen molar-refractivity contribution in [2.45, 2.75) is 44.8 Å². The first-order valence-electron chi connectivity index (χ1n) is 8.13. The summed E-state index contributed by atoms with van der Waals surface area (Å²) < 4.78 is 51.4. The molecule has 4 nitrogen and oxygen atoms in total. The van der Waals surface area contributed by atoms with Gasteiger partial charge in [-0.25, -0.2) is 4.39 Å². The van der Waals surface area contributed by atoms with Gasteiger partial charge >= 0.3 is 12.1 Å². The maximum atomic E-state index is 13.4. The summed E-state index contributed by atoms with van der Waals surface area (Å²) in [5.74, 6) is -4.22. The zero-order valence-corrected chi connectivity index (χ0v) is 15.3. The van der Waals surface area contributed by atoms with Crippen LogP contribution >= 0.6 is 11.6 Å². The van der Waals surface area contributed by atoms with Crippen molar-refractivity contribution in [3.8, 4) is 6.07 Å². The average Bonchev–Trinajstić information content (AvgIpc) is 2.55. The van der Waals surface area contributed by atoms with E-state index in [0.29, 0.717) is 0 Å². The SMILES string of the molecule is CC1N=C(CCC(F)(F)F)C(C#N)C(c2ccc(F)cc2Cl)C1(C)C(=O)O. The van der Waals surface area contributed by atoms with Crippen LogP contribution in [0.1, 0.15) is 38.2 Å². The Balaban J connectivity index is 2.62. The minimum Gasteiger partial charge on any atom is -0.481 e. The van der Waals surface area contributed by atoms with Crippen molar-refractivity contribution in [1.29, 1.82) is 5.26 Å². The number of nitriles is 1. The summed E-state index contributed by atoms with van der Waals surface area (Å²) >= 11 is 6.10. The second-order valence-corrected chi connectivity index (χ2v) is 7.16. The van der Waals surface area contributed by atoms with E-state index < -0.39 is 54.1 Å². The summed E-state index contributed by atoms with van der Waals surface area (Å²) in [5, 5.41) is 19.4. The van der Waals surface area contributed by atoms with Crippen molar-refractivity contribution in [2.24, 2.45) is 16.3 Å². The lowest BCUT2D eigenvalue weighted by Crippen LogP contribution is -2.50. The minimum atomic E-state index is -4.44. The van der Waals surface area contributed by atoms with E-state index in [-0.39, 0.29) is 16.3 Å². The predicted octanol–water partition coefficient (Wildman–Crippen LogP) is 4.98. The number of nitrogens with zero attached hydrogens (tertiary/aromatic N) is 2. The molecular formula is C18H17ClF4N2O2. The molecule has 1 aliphatic heterocycles. The Morgan fingerprint density at radius 3 is 2.56 bits per heavy atom. The molecule has 9 heteroatoms. The van der Waals surface area contributed by atoms with Crippen LogP contribution in [0.2, 0.25) is 5.02 Å². The molecule has 0 radical (unpaired) electrons. The molecule has 1 aromatic carbocycles. The van der Waals surface area contributed by atoms with E-state index >= 15 is 0 Å². The number of carboxylic acid groups (broad SMARTS) is 1. The first-order valence-corrected chi connectivity index (χ1v) is 8.51. The molecule has 0 saturated heterocycles. The molecule has 27 heavy (non-hydrogen) atoms. The molecule has 4 atom stereocenters. The Morgan fingerprint density at radius 2 is 2.07 bits per heavy atom. The van der Waals surface area contributed by atoms with Crippen LogP contribution in [0.4, 0.5) is 17.6 Å². The van der Waals surface area contributed by atoms with E-state index in [1.165, 1.54) is 19.9 Å². The lowest BCUT2D eigenvalue weighted by Gasteiger charge is -2.44. The van der Waals surface area contributed by atoms with Gasteiger partial charge in [0.05, 0.1) is 23.4 Å². The zero-order chi connectivity index (χ0) is 20.6. The third-order valence-electron chi connectivity index (χ3n) is 5.13. The van der Waals surface area contributed by atoms with Gasteiger partial charge < -0.3 is 5.11 Å². The lowest BCUT2D eigenvalue weighted by atomic mass is 9.61. The van der Waals surface area contributed by atoms with Crippen LogP contribution in [0.3, 0.4) is 0 Å². The predicted molar refractivity (Wildman–Crippen MR) is 91.2 cm³/mol. The van der Waals surface area contributed by atoms with Crippen LogP contribution in [0.15, 0.2) is 23.2 Å². The van der Waals surface area contributed by atoms with Gasteiger partial charge in [-0.2, -0.15) is 18.4 Å². The molecule has 0 fully saturated rings. The van der Waals surface area contributed by atoms with Gasteiger partial charge in [0, 0.05) is 23.1 Å². The van der Waals surface area contributed by atoms with E-state index in [1.807, 2.05) is 6.07 Å². The summed E-state index contributed by atoms with van der Waals surface area (Å²) in [4.78, 5) is 16.2. The summed E-state index contributed by atoms with van der Waals surface area (Å²) in [6, 6.07) is 4.32. The van der Waals surface area contributed by atoms with E-state index in [0.717, 1.165) is 12.1 Å². The molecule has 2 rings (SSSR count). The maximum Gasteiger partial charge on any atom is 0.389 e. The minimum absolute atomic E-state index is 0.0218. The van der Waals surface area contributed by atoms with E-state index in [2.05, 4.69) is 4.99 Å². The third-order valence-corrected chi connectivity index (χ3v) is 5.46. The highest BCUT2D eigenvalue weighted by atomic mass is 35.5. The topological polar surface area (TPSA) is 73.5 Å². The van der Waals surface area contributed by atoms with Crippen LogP contribution in [0.5, 0.6) is 0 Å². The Hall–Kier alpha value is -2.14. The van der Waals surface area contributed by atoms with Crippen LogP contribution < -0.4 is 0 Å². The van der Waals surface area contributed by atoms with E-state index in [9.17, 15) is 32.7 Å². The number of benzene rings is 1. The fraction of sp³-hybridized carbons (Fsp3) is 0.500. The summed E-state index contributed by atoms with van der Waals surface area (Å²) in [5.41, 5.74) is -1.43. The highest BCUT2D eigenvalue weighted by Crippen LogP contribution is 2.51. The molecule has 0 spiro atoms. The number of aliphatic imine (C=N–C) groups is 1. The molecule has 0 saturated carbocycles. The molecule has 1 aliphatic rings. The Morgan fingerprint density at radius 1 is 1.44 bits per heavy atom. The van der Waals surface area contributed by atoms with Crippen molar-refractivity contribution >= 4 is 23.3 Å². The fourth-order valence-electron chi connectivity index (χ4n) is 3.47. The molecule has 1 aromatic rings. The maximum absolute atomic E-state index is 13.4. The van der Waals surface area contributed by atoms with E-state index in [1.54, 1.807) is 0 Å². The van der Waals surface area contributed by atoms with Gasteiger partial charge in [0.25, 0.3) is 0 Å². The first-order chi connectivity index (χ1) is 12.4. The van der Waals surface area contributed by atoms with Crippen molar-refractivity contribution in [3.05, 3.63) is 34.6 Å². The van der Waals surface area contributed by atoms with Crippen molar-refractivity contribution < 1.29 is 27.5 Å². The average molecular weight is 405 g/mol. The largest absolute Gasteiger partial charge is 0.481 e. The van der Waals surface area contributed by atoms with Gasteiger partial charge in [-0.05, 0) is 38.0 Å². The van der Waals surface area contributed by atoms with Crippen LogP contribution in [0.25, 0.3) is 0 Å². The van der Waals surface area contributed by atoms with E-state index in [4.69, 9.17) is 11.6 Å². The number of rotatable bonds is 4. The van der Waals surface area contributed by atoms with Crippen LogP contribution in [-0.2, 0) is 4.79 Å². The third kappa shape index (κ3) is 4.08. The fourth-order valence-corrected chi connectivity index (χ4v) is 3.75. The summed E-state index contributed by atoms with van der Waals surface area (Å²) in [6.45, 7) is 2.85. The number of aliphatic carboxylic acids is 1. The number of hydrogen-bond acceptors (Lipinski definition) is 3. The number of carbonyl (C=O) groups is 1. The highest BCUT2D eigenvalue weighted by molar-refractivity contribution is 6.31. The van der Waals surface area contributed by atoms with Gasteiger partial charge in [0.1, 0.15) is 5.82 Å². The van der Waals surface area contributed by atoms with Gasteiger partial charge in [0.15, 0.2) is 0 Å². The standard InChI is InChI=1S/C18H17ClF4N2O2/c1-9-17(2,16(26)27)15(11-4-3-10(20)7-13(11)19)12(8-24)14(25-9)5-6-18(21,22)23/h3-4,7,9,12,15H,5-6H2,1-2H3,(H,26,27). The Bertz CT molecular complexity index is 819. The van der Waals surface area contributed by atoms with Crippen LogP contribution in [-0.4, -0.2) is 29.0 Å². The van der Waals surface area contributed by atoms with Gasteiger partial charge in [-0.3, -0.25) is 9.79 Å². The van der Waals surface area contributed by atoms with Crippen LogP contribution in [0, 0.1) is 28.5 Å². The summed E-state index contributed by atoms with van der Waals surface area (Å²) in [6.07, 6.45) is -6.14. The molecule has 0 aromatic heterocycles. The molecule has 4 unspecified atom stereocenters.